The number of phosphoric ester groups is 2. The quantitative estimate of drug-likeness (QED) is 0.0199. The number of ether oxygens (including phenoxy) is 2. The normalized spacial score (nSPS) is 27.3. The summed E-state index contributed by atoms with van der Waals surface area (Å²) < 4.78 is 83.5. The number of fused-ring (bicyclic) bond motifs is 2. The van der Waals surface area contributed by atoms with Crippen LogP contribution in [0, 0.1) is 0 Å². The molecule has 4 amide bonds. The van der Waals surface area contributed by atoms with E-state index in [1.807, 2.05) is 16.7 Å². The Kier molecular flexibility index (Phi) is 24.6. The number of aromatic nitrogens is 6. The molecular weight excluding hydrogens is 1270 g/mol. The molecule has 7 unspecified atom stereocenters. The molecule has 4 aliphatic heterocycles. The van der Waals surface area contributed by atoms with Crippen molar-refractivity contribution in [2.75, 3.05) is 37.8 Å². The number of nitrogens with zero attached hydrogens (tertiary/aromatic N) is 4. The van der Waals surface area contributed by atoms with E-state index in [0.29, 0.717) is 54.9 Å². The van der Waals surface area contributed by atoms with Crippen LogP contribution in [0.15, 0.2) is 33.0 Å². The molecule has 0 bridgehead atoms. The molecular formula is C45H69N11O26P4S. The van der Waals surface area contributed by atoms with Gasteiger partial charge in [0.2, 0.25) is 17.8 Å². The summed E-state index contributed by atoms with van der Waals surface area (Å²) in [6.07, 6.45) is -1.12. The Bertz CT molecular complexity index is 3350. The Morgan fingerprint density at radius 3 is 1.87 bits per heavy atom. The number of anilines is 1. The van der Waals surface area contributed by atoms with Gasteiger partial charge in [0.15, 0.2) is 23.6 Å². The second kappa shape index (κ2) is 30.8. The van der Waals surface area contributed by atoms with Gasteiger partial charge in [-0.3, -0.25) is 52.1 Å². The number of thioether (sulfide) groups is 1. The predicted molar refractivity (Wildman–Crippen MR) is 300 cm³/mol. The van der Waals surface area contributed by atoms with E-state index in [4.69, 9.17) is 15.2 Å². The zero-order valence-electron chi connectivity index (χ0n) is 46.1. The van der Waals surface area contributed by atoms with E-state index in [-0.39, 0.29) is 71.4 Å². The lowest BCUT2D eigenvalue weighted by molar-refractivity contribution is -0.121. The predicted octanol–water partition coefficient (Wildman–Crippen LogP) is -0.583. The number of H-pyrrole nitrogens is 2. The number of aliphatic hydroxyl groups excluding tert-OH is 4. The summed E-state index contributed by atoms with van der Waals surface area (Å²) in [5.74, 6) is 0.414. The number of aliphatic hydroxyl groups is 4. The number of carbonyl (C=O) groups is 4. The van der Waals surface area contributed by atoms with E-state index in [9.17, 15) is 91.8 Å². The molecule has 0 spiro atoms. The number of nitrogen functional groups attached to an aromatic ring is 1. The highest BCUT2D eigenvalue weighted by atomic mass is 32.2. The highest BCUT2D eigenvalue weighted by Crippen LogP contribution is 2.71. The molecule has 87 heavy (non-hydrogen) atoms. The van der Waals surface area contributed by atoms with Crippen LogP contribution in [-0.4, -0.2) is 179 Å². The minimum Gasteiger partial charge on any atom is -0.387 e. The van der Waals surface area contributed by atoms with E-state index in [1.165, 1.54) is 12.2 Å². The lowest BCUT2D eigenvalue weighted by atomic mass is 10.0. The number of hydrogen-bond acceptors (Lipinski definition) is 26. The molecule has 486 valence electrons. The fraction of sp³-hybridized carbons (Fsp3) is 0.667. The van der Waals surface area contributed by atoms with Gasteiger partial charge in [-0.1, -0.05) is 37.8 Å². The number of rotatable bonds is 35. The molecule has 7 rings (SSSR count). The van der Waals surface area contributed by atoms with Crippen molar-refractivity contribution in [2.24, 2.45) is 0 Å². The molecule has 37 nitrogen and oxygen atoms in total. The van der Waals surface area contributed by atoms with Crippen LogP contribution in [0.1, 0.15) is 108 Å². The molecule has 0 radical (unpaired) electrons. The fourth-order valence-corrected chi connectivity index (χ4v) is 16.2. The monoisotopic (exact) mass is 1340 g/mol. The van der Waals surface area contributed by atoms with E-state index >= 15 is 0 Å². The maximum absolute atomic E-state index is 12.8. The Labute approximate surface area is 496 Å². The van der Waals surface area contributed by atoms with Gasteiger partial charge in [0.25, 0.3) is 11.1 Å². The number of nitrogens with two attached hydrogens (primary N) is 1. The summed E-state index contributed by atoms with van der Waals surface area (Å²) in [6, 6.07) is 0.239. The highest BCUT2D eigenvalue weighted by Gasteiger charge is 2.50. The lowest BCUT2D eigenvalue weighted by Crippen LogP contribution is -2.38. The van der Waals surface area contributed by atoms with Crippen molar-refractivity contribution >= 4 is 89.9 Å². The van der Waals surface area contributed by atoms with Gasteiger partial charge >= 0.3 is 43.0 Å². The Morgan fingerprint density at radius 2 is 1.25 bits per heavy atom. The molecule has 0 aliphatic carbocycles. The molecule has 0 aromatic carbocycles. The van der Waals surface area contributed by atoms with E-state index < -0.39 is 110 Å². The van der Waals surface area contributed by atoms with Gasteiger partial charge in [0, 0.05) is 56.0 Å². The third-order valence-corrected chi connectivity index (χ3v) is 21.4. The number of ketones is 1. The van der Waals surface area contributed by atoms with Crippen molar-refractivity contribution in [1.82, 2.24) is 50.3 Å². The van der Waals surface area contributed by atoms with Crippen LogP contribution in [-0.2, 0) is 64.1 Å². The van der Waals surface area contributed by atoms with E-state index in [0.717, 1.165) is 67.8 Å². The zero-order chi connectivity index (χ0) is 63.4. The van der Waals surface area contributed by atoms with E-state index in [2.05, 4.69) is 58.2 Å². The first-order chi connectivity index (χ1) is 41.0. The molecule has 7 heterocycles. The van der Waals surface area contributed by atoms with Gasteiger partial charge in [0.1, 0.15) is 42.4 Å². The standard InChI is InChI=1S/C45H69N11O26P4S/c46-43-52-38-33(40(65)53-43)49-23-56(38)42-37(63)35(61)28(79-42)21-77-84(70,71)81-86(74,75)82-85(72,73)80-83(68,69)76-20-27-34(60)36(62)41(78-27)55-19-24(39(64)54-45(55)67)11-10-18-48-30(58)15-6-2-1-4-12-25(57)13-5-3-9-17-47-31(59)16-8-7-14-29-32-26(22-87-29)50-44(66)51-32/h10-11,19,23,26-29,32,34-37,41-42,60-63H,1-9,12-18,20-22H2,(H,47,59)(H,48,58)(H,68,69)(H,70,71)(H,72,73)(H,74,75)(H2,50,51,66)(H,54,64,67)(H3,46,52,53,65)/b11-10+/t26-,27-,28-,29-,32-,34+,35?,36?,37?,41-,42-/m1/s1. The van der Waals surface area contributed by atoms with Gasteiger partial charge in [-0.05, 0) is 38.5 Å². The average Bonchev–Trinajstić information content (AvgIpc) is 2.16. The average molecular weight is 1340 g/mol. The van der Waals surface area contributed by atoms with Gasteiger partial charge in [0.05, 0.1) is 37.2 Å². The van der Waals surface area contributed by atoms with Gasteiger partial charge in [-0.15, -0.1) is 0 Å². The summed E-state index contributed by atoms with van der Waals surface area (Å²) in [7, 11) is -24.5. The number of phosphoric acid groups is 4. The van der Waals surface area contributed by atoms with Gasteiger partial charge in [-0.25, -0.2) is 32.8 Å². The van der Waals surface area contributed by atoms with Crippen molar-refractivity contribution in [2.45, 2.75) is 156 Å². The summed E-state index contributed by atoms with van der Waals surface area (Å²) >= 11 is 1.86. The van der Waals surface area contributed by atoms with Crippen LogP contribution in [0.2, 0.25) is 0 Å². The number of carbonyl (C=O) groups excluding carboxylic acids is 4. The Morgan fingerprint density at radius 1 is 0.701 bits per heavy atom. The van der Waals surface area contributed by atoms with Crippen molar-refractivity contribution < 1.29 is 109 Å². The third-order valence-electron chi connectivity index (χ3n) is 14.0. The van der Waals surface area contributed by atoms with Gasteiger partial charge in [-0.2, -0.15) is 29.7 Å². The van der Waals surface area contributed by atoms with Gasteiger partial charge < -0.3 is 76.5 Å². The number of nitrogens with one attached hydrogen (secondary N) is 6. The maximum Gasteiger partial charge on any atom is 0.490 e. The van der Waals surface area contributed by atoms with Crippen molar-refractivity contribution in [1.29, 1.82) is 0 Å². The summed E-state index contributed by atoms with van der Waals surface area (Å²) in [6.45, 7) is -2.00. The minimum atomic E-state index is -6.34. The van der Waals surface area contributed by atoms with Crippen molar-refractivity contribution in [3.63, 3.8) is 0 Å². The number of hydrogen-bond donors (Lipinski definition) is 15. The Balaban J connectivity index is 0.745. The summed E-state index contributed by atoms with van der Waals surface area (Å²) in [5.41, 5.74) is 2.03. The minimum absolute atomic E-state index is 0.0125. The first-order valence-corrected chi connectivity index (χ1v) is 34.3. The first kappa shape index (κ1) is 69.6. The molecule has 0 saturated carbocycles. The number of urea groups is 1. The van der Waals surface area contributed by atoms with Crippen LogP contribution in [0.5, 0.6) is 0 Å². The second-order valence-corrected chi connectivity index (χ2v) is 28.0. The summed E-state index contributed by atoms with van der Waals surface area (Å²) in [5, 5.41) is 54.3. The molecule has 42 heteroatoms. The molecule has 16 N–H and O–H groups in total. The molecule has 3 aromatic heterocycles. The topological polar surface area (TPSA) is 556 Å². The number of Topliss-reactive ketones (excluding diaryl/α,β-unsaturated/α-hetero) is 1. The molecule has 4 saturated heterocycles. The van der Waals surface area contributed by atoms with Crippen molar-refractivity contribution in [3.8, 4) is 0 Å². The first-order valence-electron chi connectivity index (χ1n) is 27.3. The number of unbranched alkanes of at least 4 members (excludes halogenated alkanes) is 6. The smallest absolute Gasteiger partial charge is 0.387 e. The molecule has 4 aliphatic rings. The fourth-order valence-electron chi connectivity index (χ4n) is 9.68. The lowest BCUT2D eigenvalue weighted by Gasteiger charge is -2.21. The Hall–Kier alpha value is -4.88. The number of amides is 4. The van der Waals surface area contributed by atoms with Crippen LogP contribution < -0.4 is 43.8 Å². The number of imidazole rings is 1. The second-order valence-electron chi connectivity index (χ2n) is 20.5. The maximum atomic E-state index is 12.8. The van der Waals surface area contributed by atoms with E-state index in [1.54, 1.807) is 0 Å². The van der Waals surface area contributed by atoms with Crippen LogP contribution in [0.25, 0.3) is 17.2 Å². The van der Waals surface area contributed by atoms with Crippen LogP contribution in [0.4, 0.5) is 10.7 Å². The SMILES string of the molecule is Nc1nc2c(ncn2[C@@H]2O[C@H](COP(=O)(O)OP(=O)(O)OP(=O)(O)OP(=O)(O)OC[C@H]3O[C@@H](n4cc(/C=C/CNC(=O)CCCCCCC(=O)CCCCCNC(=O)CCCC[C@H]5SC[C@H]6NC(=O)N[C@H]65)c(=O)[nH]c4=O)C(O)[C@H]3O)C(O)C2O)c(=O)[nH]1. The molecule has 15 atom stereocenters. The molecule has 3 aromatic rings. The summed E-state index contributed by atoms with van der Waals surface area (Å²) in [4.78, 5) is 138. The van der Waals surface area contributed by atoms with Crippen molar-refractivity contribution in [3.05, 3.63) is 55.4 Å². The third kappa shape index (κ3) is 20.1. The van der Waals surface area contributed by atoms with Crippen LogP contribution in [0.3, 0.4) is 0 Å². The number of aromatic amines is 2. The largest absolute Gasteiger partial charge is 0.490 e. The highest BCUT2D eigenvalue weighted by molar-refractivity contribution is 8.00. The molecule has 4 fully saturated rings. The zero-order valence-corrected chi connectivity index (χ0v) is 50.5. The van der Waals surface area contributed by atoms with Crippen LogP contribution >= 0.6 is 43.1 Å².